The maximum Gasteiger partial charge on any atom is 0.243 e. The number of halogens is 2. The summed E-state index contributed by atoms with van der Waals surface area (Å²) in [6, 6.07) is 23.6. The zero-order valence-electron chi connectivity index (χ0n) is 19.7. The zero-order chi connectivity index (χ0) is 24.7. The number of carbonyl (C=O) groups is 2. The van der Waals surface area contributed by atoms with E-state index in [2.05, 4.69) is 5.32 Å². The van der Waals surface area contributed by atoms with Gasteiger partial charge in [0.15, 0.2) is 0 Å². The Morgan fingerprint density at radius 2 is 1.53 bits per heavy atom. The van der Waals surface area contributed by atoms with Crippen LogP contribution in [0.1, 0.15) is 37.5 Å². The molecule has 3 rings (SSSR count). The molecule has 0 aliphatic rings. The van der Waals surface area contributed by atoms with E-state index in [1.165, 1.54) is 0 Å². The number of hydrogen-bond acceptors (Lipinski definition) is 2. The van der Waals surface area contributed by atoms with Crippen molar-refractivity contribution in [3.63, 3.8) is 0 Å². The SMILES string of the molecule is CC(C)(C)NC(=O)C(Cc1ccccc1)N(Cc1cccc(Cl)c1)C(=O)Cc1ccccc1Cl. The number of benzene rings is 3. The molecule has 0 saturated carbocycles. The van der Waals surface area contributed by atoms with E-state index in [1.54, 1.807) is 17.0 Å². The molecule has 1 atom stereocenters. The van der Waals surface area contributed by atoms with E-state index in [1.807, 2.05) is 87.5 Å². The highest BCUT2D eigenvalue weighted by atomic mass is 35.5. The van der Waals surface area contributed by atoms with Crippen LogP contribution in [0.3, 0.4) is 0 Å². The van der Waals surface area contributed by atoms with Crippen LogP contribution in [0.2, 0.25) is 10.0 Å². The molecule has 0 radical (unpaired) electrons. The number of hydrogen-bond donors (Lipinski definition) is 1. The van der Waals surface area contributed by atoms with Crippen molar-refractivity contribution in [1.29, 1.82) is 0 Å². The standard InChI is InChI=1S/C28H30Cl2N2O2/c1-28(2,3)31-27(34)25(17-20-10-5-4-6-11-20)32(19-21-12-9-14-23(29)16-21)26(33)18-22-13-7-8-15-24(22)30/h4-16,25H,17-19H2,1-3H3,(H,31,34). The van der Waals surface area contributed by atoms with Crippen molar-refractivity contribution in [2.75, 3.05) is 0 Å². The largest absolute Gasteiger partial charge is 0.350 e. The molecule has 0 aromatic heterocycles. The van der Waals surface area contributed by atoms with Gasteiger partial charge in [-0.05, 0) is 55.7 Å². The average Bonchev–Trinajstić information content (AvgIpc) is 2.77. The van der Waals surface area contributed by atoms with E-state index < -0.39 is 11.6 Å². The summed E-state index contributed by atoms with van der Waals surface area (Å²) in [4.78, 5) is 28.9. The Morgan fingerprint density at radius 1 is 0.882 bits per heavy atom. The van der Waals surface area contributed by atoms with Gasteiger partial charge in [0, 0.05) is 28.5 Å². The maximum absolute atomic E-state index is 13.7. The number of rotatable bonds is 8. The van der Waals surface area contributed by atoms with Crippen LogP contribution in [0, 0.1) is 0 Å². The molecule has 0 bridgehead atoms. The molecule has 0 fully saturated rings. The third-order valence-electron chi connectivity index (χ3n) is 5.31. The topological polar surface area (TPSA) is 49.4 Å². The third-order valence-corrected chi connectivity index (χ3v) is 5.91. The van der Waals surface area contributed by atoms with Crippen molar-refractivity contribution in [2.45, 2.75) is 51.7 Å². The summed E-state index contributed by atoms with van der Waals surface area (Å²) in [5.41, 5.74) is 2.10. The van der Waals surface area contributed by atoms with E-state index >= 15 is 0 Å². The lowest BCUT2D eigenvalue weighted by atomic mass is 10.00. The molecule has 0 aliphatic heterocycles. The maximum atomic E-state index is 13.7. The van der Waals surface area contributed by atoms with Crippen LogP contribution < -0.4 is 5.32 Å². The van der Waals surface area contributed by atoms with E-state index in [4.69, 9.17) is 23.2 Å². The van der Waals surface area contributed by atoms with Gasteiger partial charge in [0.1, 0.15) is 6.04 Å². The smallest absolute Gasteiger partial charge is 0.243 e. The lowest BCUT2D eigenvalue weighted by Gasteiger charge is -2.34. The molecule has 2 amide bonds. The van der Waals surface area contributed by atoms with Gasteiger partial charge in [-0.25, -0.2) is 0 Å². The Balaban J connectivity index is 2.00. The predicted octanol–water partition coefficient (Wildman–Crippen LogP) is 6.09. The monoisotopic (exact) mass is 496 g/mol. The van der Waals surface area contributed by atoms with Gasteiger partial charge in [-0.3, -0.25) is 9.59 Å². The minimum atomic E-state index is -0.712. The van der Waals surface area contributed by atoms with Gasteiger partial charge in [0.05, 0.1) is 6.42 Å². The van der Waals surface area contributed by atoms with E-state index in [0.29, 0.717) is 16.5 Å². The van der Waals surface area contributed by atoms with Crippen molar-refractivity contribution >= 4 is 35.0 Å². The van der Waals surface area contributed by atoms with Gasteiger partial charge in [0.25, 0.3) is 0 Å². The van der Waals surface area contributed by atoms with Crippen molar-refractivity contribution in [2.24, 2.45) is 0 Å². The Labute approximate surface area is 211 Å². The van der Waals surface area contributed by atoms with Crippen LogP contribution in [0.5, 0.6) is 0 Å². The first-order valence-electron chi connectivity index (χ1n) is 11.3. The van der Waals surface area contributed by atoms with E-state index in [9.17, 15) is 9.59 Å². The summed E-state index contributed by atoms with van der Waals surface area (Å²) >= 11 is 12.6. The van der Waals surface area contributed by atoms with Gasteiger partial charge in [-0.2, -0.15) is 0 Å². The lowest BCUT2D eigenvalue weighted by molar-refractivity contribution is -0.141. The Bertz CT molecular complexity index is 1130. The molecule has 3 aromatic rings. The zero-order valence-corrected chi connectivity index (χ0v) is 21.2. The second-order valence-corrected chi connectivity index (χ2v) is 10.2. The summed E-state index contributed by atoms with van der Waals surface area (Å²) in [5.74, 6) is -0.385. The Morgan fingerprint density at radius 3 is 2.18 bits per heavy atom. The van der Waals surface area contributed by atoms with Gasteiger partial charge in [-0.1, -0.05) is 83.9 Å². The van der Waals surface area contributed by atoms with Crippen LogP contribution in [0.15, 0.2) is 78.9 Å². The second kappa shape index (κ2) is 11.5. The molecule has 3 aromatic carbocycles. The van der Waals surface area contributed by atoms with Crippen LogP contribution in [-0.2, 0) is 29.0 Å². The van der Waals surface area contributed by atoms with Crippen LogP contribution >= 0.6 is 23.2 Å². The summed E-state index contributed by atoms with van der Waals surface area (Å²) in [6.45, 7) is 6.03. The first-order chi connectivity index (χ1) is 16.1. The fraction of sp³-hybridized carbons (Fsp3) is 0.286. The van der Waals surface area contributed by atoms with Crippen LogP contribution in [-0.4, -0.2) is 28.3 Å². The minimum absolute atomic E-state index is 0.0916. The normalized spacial score (nSPS) is 12.1. The van der Waals surface area contributed by atoms with Crippen molar-refractivity contribution in [3.05, 3.63) is 106 Å². The molecule has 0 aliphatic carbocycles. The van der Waals surface area contributed by atoms with Gasteiger partial charge < -0.3 is 10.2 Å². The molecule has 0 saturated heterocycles. The summed E-state index contributed by atoms with van der Waals surface area (Å²) < 4.78 is 0. The molecule has 1 unspecified atom stereocenters. The number of carbonyl (C=O) groups excluding carboxylic acids is 2. The predicted molar refractivity (Wildman–Crippen MR) is 139 cm³/mol. The fourth-order valence-corrected chi connectivity index (χ4v) is 4.16. The van der Waals surface area contributed by atoms with Crippen LogP contribution in [0.25, 0.3) is 0 Å². The van der Waals surface area contributed by atoms with E-state index in [-0.39, 0.29) is 24.8 Å². The summed E-state index contributed by atoms with van der Waals surface area (Å²) in [5, 5.41) is 4.17. The Kier molecular flexibility index (Phi) is 8.76. The first kappa shape index (κ1) is 25.8. The molecule has 4 nitrogen and oxygen atoms in total. The van der Waals surface area contributed by atoms with Gasteiger partial charge >= 0.3 is 0 Å². The Hall–Kier alpha value is -2.82. The highest BCUT2D eigenvalue weighted by Crippen LogP contribution is 2.21. The molecular formula is C28H30Cl2N2O2. The minimum Gasteiger partial charge on any atom is -0.350 e. The summed E-state index contributed by atoms with van der Waals surface area (Å²) in [6.07, 6.45) is 0.478. The highest BCUT2D eigenvalue weighted by molar-refractivity contribution is 6.31. The molecular weight excluding hydrogens is 467 g/mol. The third kappa shape index (κ3) is 7.61. The molecule has 34 heavy (non-hydrogen) atoms. The van der Waals surface area contributed by atoms with Crippen LogP contribution in [0.4, 0.5) is 0 Å². The van der Waals surface area contributed by atoms with E-state index in [0.717, 1.165) is 16.7 Å². The molecule has 0 spiro atoms. The fourth-order valence-electron chi connectivity index (χ4n) is 3.75. The first-order valence-corrected chi connectivity index (χ1v) is 12.0. The van der Waals surface area contributed by atoms with Crippen molar-refractivity contribution < 1.29 is 9.59 Å². The number of amides is 2. The molecule has 6 heteroatoms. The average molecular weight is 497 g/mol. The second-order valence-electron chi connectivity index (χ2n) is 9.36. The van der Waals surface area contributed by atoms with Crippen molar-refractivity contribution in [1.82, 2.24) is 10.2 Å². The highest BCUT2D eigenvalue weighted by Gasteiger charge is 2.32. The van der Waals surface area contributed by atoms with Gasteiger partial charge in [-0.15, -0.1) is 0 Å². The quantitative estimate of drug-likeness (QED) is 0.410. The summed E-state index contributed by atoms with van der Waals surface area (Å²) in [7, 11) is 0. The van der Waals surface area contributed by atoms with Crippen molar-refractivity contribution in [3.8, 4) is 0 Å². The lowest BCUT2D eigenvalue weighted by Crippen LogP contribution is -2.54. The van der Waals surface area contributed by atoms with Gasteiger partial charge in [0.2, 0.25) is 11.8 Å². The number of nitrogens with one attached hydrogen (secondary N) is 1. The number of nitrogens with zero attached hydrogens (tertiary/aromatic N) is 1. The molecule has 1 N–H and O–H groups in total. The molecule has 0 heterocycles. The molecule has 178 valence electrons.